The third-order valence-corrected chi connectivity index (χ3v) is 6.93. The molecule has 0 radical (unpaired) electrons. The summed E-state index contributed by atoms with van der Waals surface area (Å²) >= 11 is 1.75. The molecule has 2 aliphatic heterocycles. The number of aliphatic hydroxyl groups is 1. The zero-order valence-corrected chi connectivity index (χ0v) is 18.9. The number of aliphatic hydroxyl groups excluding tert-OH is 1. The van der Waals surface area contributed by atoms with E-state index in [-0.39, 0.29) is 24.6 Å². The number of hydrogen-bond donors (Lipinski definition) is 1. The molecule has 0 unspecified atom stereocenters. The second-order valence-electron chi connectivity index (χ2n) is 8.45. The van der Waals surface area contributed by atoms with Gasteiger partial charge in [0.15, 0.2) is 0 Å². The van der Waals surface area contributed by atoms with Gasteiger partial charge in [0, 0.05) is 31.1 Å². The number of fused-ring (bicyclic) bond motifs is 1. The van der Waals surface area contributed by atoms with E-state index in [2.05, 4.69) is 11.4 Å². The molecule has 0 saturated carbocycles. The second kappa shape index (κ2) is 10.6. The number of carbonyl (C=O) groups excluding carboxylic acids is 1. The summed E-state index contributed by atoms with van der Waals surface area (Å²) in [5, 5.41) is 12.1. The lowest BCUT2D eigenvalue weighted by molar-refractivity contribution is -0.136. The standard InChI is InChI=1S/C24H32N2O4S/c1-18(27)14-25(15-20-8-5-12-29-20)16-24(28)26-11-9-23-21(10-13-31-23)22(26)17-30-19-6-3-2-4-7-19/h2-4,6-7,10,13,18,20,22,27H,5,8-9,11-12,14-17H2,1H3/t18-,20+,22+/m0/s1. The summed E-state index contributed by atoms with van der Waals surface area (Å²) in [5.74, 6) is 0.892. The molecule has 1 aromatic carbocycles. The molecule has 168 valence electrons. The molecule has 4 rings (SSSR count). The zero-order chi connectivity index (χ0) is 21.6. The average molecular weight is 445 g/mol. The minimum absolute atomic E-state index is 0.0807. The Kier molecular flexibility index (Phi) is 7.61. The maximum Gasteiger partial charge on any atom is 0.237 e. The predicted octanol–water partition coefficient (Wildman–Crippen LogP) is 3.11. The van der Waals surface area contributed by atoms with Crippen molar-refractivity contribution in [2.75, 3.05) is 39.4 Å². The first-order chi connectivity index (χ1) is 15.1. The van der Waals surface area contributed by atoms with Crippen molar-refractivity contribution in [1.82, 2.24) is 9.80 Å². The van der Waals surface area contributed by atoms with Crippen LogP contribution in [0.3, 0.4) is 0 Å². The van der Waals surface area contributed by atoms with E-state index in [0.717, 1.165) is 31.6 Å². The van der Waals surface area contributed by atoms with Crippen LogP contribution in [0.4, 0.5) is 0 Å². The number of para-hydroxylation sites is 1. The van der Waals surface area contributed by atoms with Crippen LogP contribution >= 0.6 is 11.3 Å². The van der Waals surface area contributed by atoms with Crippen molar-refractivity contribution in [2.24, 2.45) is 0 Å². The summed E-state index contributed by atoms with van der Waals surface area (Å²) in [6.45, 7) is 5.11. The normalized spacial score (nSPS) is 21.8. The molecule has 1 saturated heterocycles. The van der Waals surface area contributed by atoms with Crippen molar-refractivity contribution in [3.63, 3.8) is 0 Å². The van der Waals surface area contributed by atoms with Gasteiger partial charge in [-0.25, -0.2) is 0 Å². The van der Waals surface area contributed by atoms with Crippen molar-refractivity contribution in [1.29, 1.82) is 0 Å². The lowest BCUT2D eigenvalue weighted by Crippen LogP contribution is -2.48. The van der Waals surface area contributed by atoms with Crippen molar-refractivity contribution in [3.05, 3.63) is 52.2 Å². The molecule has 3 atom stereocenters. The summed E-state index contributed by atoms with van der Waals surface area (Å²) in [4.78, 5) is 18.8. The van der Waals surface area contributed by atoms with Gasteiger partial charge in [-0.2, -0.15) is 0 Å². The number of benzene rings is 1. The number of thiophene rings is 1. The highest BCUT2D eigenvalue weighted by molar-refractivity contribution is 7.10. The fourth-order valence-corrected chi connectivity index (χ4v) is 5.43. The van der Waals surface area contributed by atoms with E-state index in [0.29, 0.717) is 26.2 Å². The van der Waals surface area contributed by atoms with E-state index in [9.17, 15) is 9.90 Å². The molecule has 1 amide bonds. The number of amides is 1. The van der Waals surface area contributed by atoms with Gasteiger partial charge in [0.05, 0.1) is 24.8 Å². The smallest absolute Gasteiger partial charge is 0.237 e. The summed E-state index contributed by atoms with van der Waals surface area (Å²) in [7, 11) is 0. The Morgan fingerprint density at radius 1 is 1.35 bits per heavy atom. The molecule has 0 bridgehead atoms. The Morgan fingerprint density at radius 3 is 2.94 bits per heavy atom. The van der Waals surface area contributed by atoms with Crippen LogP contribution in [0.25, 0.3) is 0 Å². The van der Waals surface area contributed by atoms with Gasteiger partial charge in [-0.1, -0.05) is 18.2 Å². The number of carbonyl (C=O) groups is 1. The Labute approximate surface area is 188 Å². The third-order valence-electron chi connectivity index (χ3n) is 5.93. The number of nitrogens with zero attached hydrogens (tertiary/aromatic N) is 2. The maximum absolute atomic E-state index is 13.4. The Bertz CT molecular complexity index is 835. The van der Waals surface area contributed by atoms with Crippen molar-refractivity contribution in [2.45, 2.75) is 44.4 Å². The molecule has 31 heavy (non-hydrogen) atoms. The lowest BCUT2D eigenvalue weighted by atomic mass is 10.0. The predicted molar refractivity (Wildman–Crippen MR) is 122 cm³/mol. The molecule has 2 aliphatic rings. The first-order valence-electron chi connectivity index (χ1n) is 11.2. The van der Waals surface area contributed by atoms with Crippen LogP contribution < -0.4 is 4.74 Å². The van der Waals surface area contributed by atoms with Gasteiger partial charge >= 0.3 is 0 Å². The largest absolute Gasteiger partial charge is 0.491 e. The highest BCUT2D eigenvalue weighted by Crippen LogP contribution is 2.34. The average Bonchev–Trinajstić information content (AvgIpc) is 3.44. The van der Waals surface area contributed by atoms with Gasteiger partial charge in [0.25, 0.3) is 0 Å². The van der Waals surface area contributed by atoms with Crippen LogP contribution in [0.1, 0.15) is 36.2 Å². The minimum Gasteiger partial charge on any atom is -0.491 e. The fraction of sp³-hybridized carbons (Fsp3) is 0.542. The fourth-order valence-electron chi connectivity index (χ4n) is 4.50. The molecule has 1 fully saturated rings. The quantitative estimate of drug-likeness (QED) is 0.644. The molecule has 3 heterocycles. The SMILES string of the molecule is C[C@H](O)CN(CC(=O)N1CCc2sccc2[C@H]1COc1ccccc1)C[C@H]1CCCO1. The van der Waals surface area contributed by atoms with Gasteiger partial charge in [-0.15, -0.1) is 11.3 Å². The number of hydrogen-bond acceptors (Lipinski definition) is 6. The third kappa shape index (κ3) is 5.86. The topological polar surface area (TPSA) is 62.2 Å². The molecular formula is C24H32N2O4S. The maximum atomic E-state index is 13.4. The van der Waals surface area contributed by atoms with Gasteiger partial charge < -0.3 is 19.5 Å². The van der Waals surface area contributed by atoms with Crippen LogP contribution in [0, 0.1) is 0 Å². The zero-order valence-electron chi connectivity index (χ0n) is 18.1. The number of rotatable bonds is 9. The highest BCUT2D eigenvalue weighted by Gasteiger charge is 2.33. The van der Waals surface area contributed by atoms with Crippen LogP contribution in [0.2, 0.25) is 0 Å². The van der Waals surface area contributed by atoms with Gasteiger partial charge in [-0.05, 0) is 55.3 Å². The summed E-state index contributed by atoms with van der Waals surface area (Å²) in [5.41, 5.74) is 1.20. The van der Waals surface area contributed by atoms with E-state index in [1.54, 1.807) is 18.3 Å². The van der Waals surface area contributed by atoms with E-state index in [1.165, 1.54) is 10.4 Å². The number of ether oxygens (including phenoxy) is 2. The summed E-state index contributed by atoms with van der Waals surface area (Å²) in [6, 6.07) is 11.8. The molecular weight excluding hydrogens is 412 g/mol. The van der Waals surface area contributed by atoms with E-state index in [4.69, 9.17) is 9.47 Å². The monoisotopic (exact) mass is 444 g/mol. The minimum atomic E-state index is -0.490. The van der Waals surface area contributed by atoms with E-state index in [1.807, 2.05) is 40.1 Å². The summed E-state index contributed by atoms with van der Waals surface area (Å²) in [6.07, 6.45) is 2.61. The molecule has 1 aromatic heterocycles. The van der Waals surface area contributed by atoms with Gasteiger partial charge in [0.2, 0.25) is 5.91 Å². The molecule has 7 heteroatoms. The highest BCUT2D eigenvalue weighted by atomic mass is 32.1. The first-order valence-corrected chi connectivity index (χ1v) is 12.0. The molecule has 1 N–H and O–H groups in total. The molecule has 0 aliphatic carbocycles. The Hall–Kier alpha value is -1.93. The van der Waals surface area contributed by atoms with E-state index >= 15 is 0 Å². The van der Waals surface area contributed by atoms with E-state index < -0.39 is 6.10 Å². The van der Waals surface area contributed by atoms with Crippen LogP contribution in [0.15, 0.2) is 41.8 Å². The summed E-state index contributed by atoms with van der Waals surface area (Å²) < 4.78 is 11.8. The Morgan fingerprint density at radius 2 is 2.19 bits per heavy atom. The van der Waals surface area contributed by atoms with Crippen LogP contribution in [0.5, 0.6) is 5.75 Å². The van der Waals surface area contributed by atoms with Crippen molar-refractivity contribution < 1.29 is 19.4 Å². The molecule has 0 spiro atoms. The molecule has 2 aromatic rings. The second-order valence-corrected chi connectivity index (χ2v) is 9.45. The molecule has 6 nitrogen and oxygen atoms in total. The Balaban J connectivity index is 1.45. The van der Waals surface area contributed by atoms with Crippen molar-refractivity contribution >= 4 is 17.2 Å². The van der Waals surface area contributed by atoms with Gasteiger partial charge in [-0.3, -0.25) is 9.69 Å². The van der Waals surface area contributed by atoms with Crippen LogP contribution in [-0.2, 0) is 16.0 Å². The van der Waals surface area contributed by atoms with Gasteiger partial charge in [0.1, 0.15) is 12.4 Å². The first kappa shape index (κ1) is 22.3. The van der Waals surface area contributed by atoms with Crippen molar-refractivity contribution in [3.8, 4) is 5.75 Å². The lowest BCUT2D eigenvalue weighted by Gasteiger charge is -2.37. The van der Waals surface area contributed by atoms with Crippen LogP contribution in [-0.4, -0.2) is 72.4 Å².